The maximum Gasteiger partial charge on any atom is 0.330 e. The van der Waals surface area contributed by atoms with E-state index in [1.165, 1.54) is 0 Å². The molecule has 0 fully saturated rings. The van der Waals surface area contributed by atoms with E-state index in [1.54, 1.807) is 24.5 Å². The fraction of sp³-hybridized carbons (Fsp3) is 0.259. The van der Waals surface area contributed by atoms with Gasteiger partial charge in [0.05, 0.1) is 17.6 Å². The maximum atomic E-state index is 13.5. The van der Waals surface area contributed by atoms with Gasteiger partial charge in [0.15, 0.2) is 5.78 Å². The maximum absolute atomic E-state index is 13.5. The Morgan fingerprint density at radius 1 is 1.06 bits per heavy atom. The summed E-state index contributed by atoms with van der Waals surface area (Å²) >= 11 is 0. The Kier molecular flexibility index (Phi) is 5.29. The predicted octanol–water partition coefficient (Wildman–Crippen LogP) is 5.50. The molecule has 1 N–H and O–H groups in total. The third-order valence-corrected chi connectivity index (χ3v) is 6.09. The van der Waals surface area contributed by atoms with E-state index >= 15 is 0 Å². The number of Topliss-reactive ketones (excluding diaryl/α,β-unsaturated/α-hetero) is 1. The molecule has 6 heteroatoms. The fourth-order valence-electron chi connectivity index (χ4n) is 4.76. The number of carbonyl (C=O) groups is 2. The van der Waals surface area contributed by atoms with Crippen LogP contribution in [0.1, 0.15) is 38.5 Å². The summed E-state index contributed by atoms with van der Waals surface area (Å²) in [7, 11) is 0. The number of fused-ring (bicyclic) bond motifs is 1. The minimum Gasteiger partial charge on any atom is -0.467 e. The van der Waals surface area contributed by atoms with E-state index in [2.05, 4.69) is 19.2 Å². The van der Waals surface area contributed by atoms with Crippen molar-refractivity contribution in [2.75, 3.05) is 16.8 Å². The van der Waals surface area contributed by atoms with Crippen LogP contribution in [0.25, 0.3) is 0 Å². The third kappa shape index (κ3) is 4.16. The molecule has 0 radical (unpaired) electrons. The summed E-state index contributed by atoms with van der Waals surface area (Å²) < 4.78 is 11.4. The lowest BCUT2D eigenvalue weighted by Gasteiger charge is -2.36. The van der Waals surface area contributed by atoms with Crippen LogP contribution in [0.2, 0.25) is 0 Å². The Balaban J connectivity index is 1.61. The van der Waals surface area contributed by atoms with Gasteiger partial charge < -0.3 is 19.4 Å². The number of carbonyl (C=O) groups excluding carboxylic acids is 2. The number of rotatable bonds is 4. The Morgan fingerprint density at radius 2 is 1.82 bits per heavy atom. The summed E-state index contributed by atoms with van der Waals surface area (Å²) in [5, 5.41) is 3.52. The quantitative estimate of drug-likeness (QED) is 0.425. The highest BCUT2D eigenvalue weighted by molar-refractivity contribution is 6.01. The normalized spacial score (nSPS) is 19.3. The van der Waals surface area contributed by atoms with E-state index in [9.17, 15) is 9.59 Å². The summed E-state index contributed by atoms with van der Waals surface area (Å²) in [5.41, 5.74) is 3.02. The molecule has 6 nitrogen and oxygen atoms in total. The molecule has 0 spiro atoms. The van der Waals surface area contributed by atoms with Crippen LogP contribution >= 0.6 is 0 Å². The summed E-state index contributed by atoms with van der Waals surface area (Å²) in [6, 6.07) is 19.9. The first kappa shape index (κ1) is 21.1. The first-order valence-electron chi connectivity index (χ1n) is 11.1. The molecule has 5 rings (SSSR count). The van der Waals surface area contributed by atoms with Gasteiger partial charge in [0.2, 0.25) is 0 Å². The number of ketones is 1. The Labute approximate surface area is 192 Å². The van der Waals surface area contributed by atoms with E-state index in [-0.39, 0.29) is 17.7 Å². The third-order valence-electron chi connectivity index (χ3n) is 6.09. The zero-order valence-electron chi connectivity index (χ0n) is 18.7. The van der Waals surface area contributed by atoms with Crippen LogP contribution in [0, 0.1) is 5.41 Å². The summed E-state index contributed by atoms with van der Waals surface area (Å²) in [4.78, 5) is 28.4. The van der Waals surface area contributed by atoms with Crippen molar-refractivity contribution in [3.05, 3.63) is 90.0 Å². The molecular weight excluding hydrogens is 416 g/mol. The van der Waals surface area contributed by atoms with Crippen molar-refractivity contribution in [1.82, 2.24) is 0 Å². The molecule has 2 aromatic carbocycles. The lowest BCUT2D eigenvalue weighted by atomic mass is 9.74. The van der Waals surface area contributed by atoms with Crippen LogP contribution in [-0.2, 0) is 9.59 Å². The Hall–Kier alpha value is -3.80. The van der Waals surface area contributed by atoms with Gasteiger partial charge in [0.25, 0.3) is 0 Å². The van der Waals surface area contributed by atoms with E-state index in [0.29, 0.717) is 23.5 Å². The standard InChI is InChI=1S/C27H26N2O4/c1-27(2)15-20-25(22(30)16-27)26(23-13-8-14-32-23)29(21-12-7-6-11-19(21)28-20)17-24(31)33-18-9-4-3-5-10-18/h3-14,26,28H,15-17H2,1-2H3/t26-/m0/s1. The van der Waals surface area contributed by atoms with Crippen molar-refractivity contribution in [3.63, 3.8) is 0 Å². The van der Waals surface area contributed by atoms with Gasteiger partial charge >= 0.3 is 5.97 Å². The van der Waals surface area contributed by atoms with E-state index < -0.39 is 12.0 Å². The number of para-hydroxylation sites is 3. The number of nitrogens with one attached hydrogen (secondary N) is 1. The van der Waals surface area contributed by atoms with Crippen molar-refractivity contribution in [3.8, 4) is 5.75 Å². The Bertz CT molecular complexity index is 1210. The van der Waals surface area contributed by atoms with Crippen LogP contribution in [-0.4, -0.2) is 18.3 Å². The van der Waals surface area contributed by atoms with Gasteiger partial charge in [-0.1, -0.05) is 44.2 Å². The molecule has 1 atom stereocenters. The number of anilines is 2. The van der Waals surface area contributed by atoms with Gasteiger partial charge in [0, 0.05) is 17.7 Å². The van der Waals surface area contributed by atoms with Crippen molar-refractivity contribution >= 4 is 23.1 Å². The average Bonchev–Trinajstić information content (AvgIpc) is 3.26. The molecule has 1 aliphatic heterocycles. The van der Waals surface area contributed by atoms with Gasteiger partial charge in [0.1, 0.15) is 24.1 Å². The van der Waals surface area contributed by atoms with Crippen LogP contribution in [0.5, 0.6) is 5.75 Å². The summed E-state index contributed by atoms with van der Waals surface area (Å²) in [5.74, 6) is 0.736. The number of benzene rings is 2. The SMILES string of the molecule is CC1(C)CC(=O)C2=C(C1)Nc1ccccc1N(CC(=O)Oc1ccccc1)[C@H]2c1ccco1. The molecule has 0 bridgehead atoms. The van der Waals surface area contributed by atoms with Gasteiger partial charge in [-0.15, -0.1) is 0 Å². The first-order valence-corrected chi connectivity index (χ1v) is 11.1. The molecule has 0 unspecified atom stereocenters. The number of allylic oxidation sites excluding steroid dienone is 1. The highest BCUT2D eigenvalue weighted by Crippen LogP contribution is 2.48. The molecule has 168 valence electrons. The number of hydrogen-bond acceptors (Lipinski definition) is 6. The lowest BCUT2D eigenvalue weighted by molar-refractivity contribution is -0.133. The van der Waals surface area contributed by atoms with E-state index in [4.69, 9.17) is 9.15 Å². The molecule has 1 aliphatic carbocycles. The molecule has 0 amide bonds. The highest BCUT2D eigenvalue weighted by atomic mass is 16.5. The van der Waals surface area contributed by atoms with Crippen molar-refractivity contribution in [1.29, 1.82) is 0 Å². The second-order valence-electron chi connectivity index (χ2n) is 9.31. The van der Waals surface area contributed by atoms with Crippen LogP contribution < -0.4 is 15.0 Å². The largest absolute Gasteiger partial charge is 0.467 e. The van der Waals surface area contributed by atoms with Crippen LogP contribution in [0.4, 0.5) is 11.4 Å². The fourth-order valence-corrected chi connectivity index (χ4v) is 4.76. The van der Waals surface area contributed by atoms with Gasteiger partial charge in [-0.3, -0.25) is 4.79 Å². The van der Waals surface area contributed by atoms with Crippen LogP contribution in [0.3, 0.4) is 0 Å². The molecule has 3 aromatic rings. The molecular formula is C27H26N2O4. The molecule has 2 aliphatic rings. The zero-order valence-corrected chi connectivity index (χ0v) is 18.7. The van der Waals surface area contributed by atoms with Gasteiger partial charge in [-0.2, -0.15) is 0 Å². The molecule has 2 heterocycles. The number of furan rings is 1. The molecule has 0 saturated heterocycles. The molecule has 1 aromatic heterocycles. The second-order valence-corrected chi connectivity index (χ2v) is 9.31. The van der Waals surface area contributed by atoms with Crippen molar-refractivity contribution < 1.29 is 18.7 Å². The first-order chi connectivity index (χ1) is 15.9. The minimum atomic E-state index is -0.543. The molecule has 33 heavy (non-hydrogen) atoms. The Morgan fingerprint density at radius 3 is 2.58 bits per heavy atom. The van der Waals surface area contributed by atoms with E-state index in [0.717, 1.165) is 23.5 Å². The van der Waals surface area contributed by atoms with Gasteiger partial charge in [-0.05, 0) is 48.2 Å². The van der Waals surface area contributed by atoms with Crippen molar-refractivity contribution in [2.24, 2.45) is 5.41 Å². The van der Waals surface area contributed by atoms with E-state index in [1.807, 2.05) is 53.4 Å². The number of esters is 1. The second kappa shape index (κ2) is 8.28. The highest BCUT2D eigenvalue weighted by Gasteiger charge is 2.43. The number of ether oxygens (including phenoxy) is 1. The number of hydrogen-bond donors (Lipinski definition) is 1. The zero-order chi connectivity index (χ0) is 23.0. The number of nitrogens with zero attached hydrogens (tertiary/aromatic N) is 1. The van der Waals surface area contributed by atoms with Crippen molar-refractivity contribution in [2.45, 2.75) is 32.7 Å². The average molecular weight is 443 g/mol. The summed E-state index contributed by atoms with van der Waals surface area (Å²) in [6.45, 7) is 4.15. The lowest BCUT2D eigenvalue weighted by Crippen LogP contribution is -2.39. The van der Waals surface area contributed by atoms with Gasteiger partial charge in [-0.25, -0.2) is 4.79 Å². The monoisotopic (exact) mass is 442 g/mol. The summed E-state index contributed by atoms with van der Waals surface area (Å²) in [6.07, 6.45) is 2.75. The predicted molar refractivity (Wildman–Crippen MR) is 126 cm³/mol. The topological polar surface area (TPSA) is 71.8 Å². The minimum absolute atomic E-state index is 0.0492. The smallest absolute Gasteiger partial charge is 0.330 e. The molecule has 0 saturated carbocycles. The van der Waals surface area contributed by atoms with Crippen LogP contribution in [0.15, 0.2) is 88.7 Å².